The number of ether oxygens (including phenoxy) is 1. The molecule has 4 aromatic heterocycles. The third-order valence-electron chi connectivity index (χ3n) is 6.95. The molecule has 3 aromatic carbocycles. The number of hydrogen-bond acceptors (Lipinski definition) is 7. The molecule has 0 N–H and O–H groups in total. The number of benzene rings is 3. The van der Waals surface area contributed by atoms with Crippen molar-refractivity contribution in [3.05, 3.63) is 111 Å². The first-order valence-corrected chi connectivity index (χ1v) is 13.5. The lowest BCUT2D eigenvalue weighted by Crippen LogP contribution is -2.23. The smallest absolute Gasteiger partial charge is 0.291 e. The molecule has 0 radical (unpaired) electrons. The number of aromatic nitrogens is 5. The van der Waals surface area contributed by atoms with Crippen molar-refractivity contribution in [2.24, 2.45) is 0 Å². The average molecular weight is 546 g/mol. The lowest BCUT2D eigenvalue weighted by molar-refractivity contribution is 0.412. The number of fused-ring (bicyclic) bond motifs is 2. The normalized spacial score (nSPS) is 12.1. The fourth-order valence-electron chi connectivity index (χ4n) is 4.91. The van der Waals surface area contributed by atoms with Gasteiger partial charge in [0.1, 0.15) is 17.0 Å². The Morgan fingerprint density at radius 3 is 2.52 bits per heavy atom. The predicted molar refractivity (Wildman–Crippen MR) is 156 cm³/mol. The van der Waals surface area contributed by atoms with Gasteiger partial charge in [0.2, 0.25) is 10.8 Å². The number of nitrogens with zero attached hydrogens (tertiary/aromatic N) is 5. The number of para-hydroxylation sites is 2. The Labute approximate surface area is 232 Å². The summed E-state index contributed by atoms with van der Waals surface area (Å²) in [7, 11) is 1.66. The molecule has 0 unspecified atom stereocenters. The Morgan fingerprint density at radius 1 is 0.975 bits per heavy atom. The molecular formula is C31H23N5O3S. The zero-order valence-corrected chi connectivity index (χ0v) is 22.8. The van der Waals surface area contributed by atoms with Crippen LogP contribution in [0.25, 0.3) is 50.5 Å². The monoisotopic (exact) mass is 545 g/mol. The average Bonchev–Trinajstić information content (AvgIpc) is 3.73. The topological polar surface area (TPSA) is 87.4 Å². The summed E-state index contributed by atoms with van der Waals surface area (Å²) in [4.78, 5) is 18.6. The quantitative estimate of drug-likeness (QED) is 0.280. The Balaban J connectivity index is 1.36. The van der Waals surface area contributed by atoms with E-state index in [1.807, 2.05) is 104 Å². The lowest BCUT2D eigenvalue weighted by Gasteiger charge is -2.06. The van der Waals surface area contributed by atoms with Crippen molar-refractivity contribution in [2.75, 3.05) is 7.11 Å². The highest BCUT2D eigenvalue weighted by atomic mass is 32.1. The highest BCUT2D eigenvalue weighted by molar-refractivity contribution is 7.15. The van der Waals surface area contributed by atoms with Crippen LogP contribution in [0.15, 0.2) is 88.2 Å². The number of methoxy groups -OCH3 is 1. The van der Waals surface area contributed by atoms with E-state index in [9.17, 15) is 4.79 Å². The molecule has 0 saturated heterocycles. The molecule has 4 heterocycles. The van der Waals surface area contributed by atoms with E-state index in [1.165, 1.54) is 15.9 Å². The SMILES string of the molecule is COc1ccc(-c2nn(-c3ccccc3)cc2/C=c2\sc3nc(-c4oc5ccccc5c4C)nn3c2=O)cc1C. The second kappa shape index (κ2) is 9.32. The third-order valence-corrected chi connectivity index (χ3v) is 7.91. The van der Waals surface area contributed by atoms with E-state index in [2.05, 4.69) is 10.1 Å². The maximum atomic E-state index is 13.5. The van der Waals surface area contributed by atoms with E-state index in [4.69, 9.17) is 14.3 Å². The van der Waals surface area contributed by atoms with Crippen molar-refractivity contribution >= 4 is 33.3 Å². The first kappa shape index (κ1) is 24.1. The first-order chi connectivity index (χ1) is 19.5. The summed E-state index contributed by atoms with van der Waals surface area (Å²) in [5.41, 5.74) is 5.88. The van der Waals surface area contributed by atoms with Crippen molar-refractivity contribution in [1.82, 2.24) is 24.4 Å². The number of hydrogen-bond donors (Lipinski definition) is 0. The van der Waals surface area contributed by atoms with Gasteiger partial charge in [-0.2, -0.15) is 14.6 Å². The minimum atomic E-state index is -0.239. The summed E-state index contributed by atoms with van der Waals surface area (Å²) in [5, 5.41) is 10.4. The minimum Gasteiger partial charge on any atom is -0.496 e. The van der Waals surface area contributed by atoms with E-state index in [1.54, 1.807) is 7.11 Å². The molecule has 7 aromatic rings. The van der Waals surface area contributed by atoms with Gasteiger partial charge < -0.3 is 9.15 Å². The fraction of sp³-hybridized carbons (Fsp3) is 0.0968. The molecule has 8 nitrogen and oxygen atoms in total. The molecule has 9 heteroatoms. The summed E-state index contributed by atoms with van der Waals surface area (Å²) in [6.45, 7) is 3.97. The van der Waals surface area contributed by atoms with Gasteiger partial charge in [0.05, 0.1) is 17.3 Å². The van der Waals surface area contributed by atoms with Crippen LogP contribution in [0.3, 0.4) is 0 Å². The standard InChI is InChI=1S/C31H23N5O3S/c1-18-15-20(13-14-24(18)38-3)27-21(17-35(33-27)22-9-5-4-6-10-22)16-26-30(37)36-31(40-26)32-29(34-36)28-19(2)23-11-7-8-12-25(23)39-28/h4-17H,1-3H3/b26-16-. The Kier molecular flexibility index (Phi) is 5.60. The van der Waals surface area contributed by atoms with Crippen LogP contribution < -0.4 is 14.8 Å². The predicted octanol–water partition coefficient (Wildman–Crippen LogP) is 5.59. The fourth-order valence-corrected chi connectivity index (χ4v) is 5.81. The Bertz CT molecular complexity index is 2150. The molecule has 40 heavy (non-hydrogen) atoms. The zero-order valence-electron chi connectivity index (χ0n) is 22.0. The van der Waals surface area contributed by atoms with E-state index in [-0.39, 0.29) is 5.56 Å². The second-order valence-electron chi connectivity index (χ2n) is 9.50. The highest BCUT2D eigenvalue weighted by Crippen LogP contribution is 2.32. The van der Waals surface area contributed by atoms with Crippen LogP contribution >= 0.6 is 11.3 Å². The second-order valence-corrected chi connectivity index (χ2v) is 10.5. The van der Waals surface area contributed by atoms with Crippen LogP contribution in [-0.2, 0) is 0 Å². The van der Waals surface area contributed by atoms with Gasteiger partial charge in [-0.1, -0.05) is 47.7 Å². The van der Waals surface area contributed by atoms with Crippen molar-refractivity contribution in [1.29, 1.82) is 0 Å². The van der Waals surface area contributed by atoms with Crippen molar-refractivity contribution in [3.8, 4) is 34.3 Å². The molecular weight excluding hydrogens is 522 g/mol. The summed E-state index contributed by atoms with van der Waals surface area (Å²) < 4.78 is 15.2. The maximum absolute atomic E-state index is 13.5. The van der Waals surface area contributed by atoms with Gasteiger partial charge in [-0.25, -0.2) is 4.68 Å². The highest BCUT2D eigenvalue weighted by Gasteiger charge is 2.19. The Hall–Kier alpha value is -5.02. The largest absolute Gasteiger partial charge is 0.496 e. The number of aryl methyl sites for hydroxylation is 2. The van der Waals surface area contributed by atoms with Gasteiger partial charge in [-0.15, -0.1) is 5.10 Å². The van der Waals surface area contributed by atoms with Gasteiger partial charge in [0.25, 0.3) is 5.56 Å². The van der Waals surface area contributed by atoms with Crippen LogP contribution in [-0.4, -0.2) is 31.5 Å². The van der Waals surface area contributed by atoms with Gasteiger partial charge >= 0.3 is 0 Å². The zero-order chi connectivity index (χ0) is 27.4. The van der Waals surface area contributed by atoms with Gasteiger partial charge in [-0.05, 0) is 61.9 Å². The lowest BCUT2D eigenvalue weighted by atomic mass is 10.0. The number of thiazole rings is 1. The first-order valence-electron chi connectivity index (χ1n) is 12.7. The molecule has 7 rings (SSSR count). The molecule has 0 fully saturated rings. The Morgan fingerprint density at radius 2 is 1.77 bits per heavy atom. The number of furan rings is 1. The van der Waals surface area contributed by atoms with E-state index in [0.29, 0.717) is 21.1 Å². The molecule has 0 aliphatic heterocycles. The molecule has 0 atom stereocenters. The van der Waals surface area contributed by atoms with Crippen molar-refractivity contribution in [2.45, 2.75) is 13.8 Å². The molecule has 0 bridgehead atoms. The molecule has 0 saturated carbocycles. The number of rotatable bonds is 5. The third kappa shape index (κ3) is 3.90. The maximum Gasteiger partial charge on any atom is 0.291 e. The van der Waals surface area contributed by atoms with E-state index >= 15 is 0 Å². The summed E-state index contributed by atoms with van der Waals surface area (Å²) in [6.07, 6.45) is 3.79. The van der Waals surface area contributed by atoms with Crippen LogP contribution in [0.2, 0.25) is 0 Å². The summed E-state index contributed by atoms with van der Waals surface area (Å²) in [6, 6.07) is 23.6. The van der Waals surface area contributed by atoms with Crippen LogP contribution in [0, 0.1) is 13.8 Å². The van der Waals surface area contributed by atoms with Crippen LogP contribution in [0.5, 0.6) is 5.75 Å². The van der Waals surface area contributed by atoms with Crippen molar-refractivity contribution < 1.29 is 9.15 Å². The summed E-state index contributed by atoms with van der Waals surface area (Å²) >= 11 is 1.29. The molecule has 0 aliphatic carbocycles. The van der Waals surface area contributed by atoms with Gasteiger partial charge in [-0.3, -0.25) is 4.79 Å². The molecule has 196 valence electrons. The van der Waals surface area contributed by atoms with E-state index in [0.717, 1.165) is 50.4 Å². The van der Waals surface area contributed by atoms with Crippen molar-refractivity contribution in [3.63, 3.8) is 0 Å². The molecule has 0 amide bonds. The summed E-state index contributed by atoms with van der Waals surface area (Å²) in [5.74, 6) is 1.78. The molecule has 0 spiro atoms. The van der Waals surface area contributed by atoms with Crippen LogP contribution in [0.1, 0.15) is 16.7 Å². The van der Waals surface area contributed by atoms with E-state index < -0.39 is 0 Å². The van der Waals surface area contributed by atoms with Gasteiger partial charge in [0.15, 0.2) is 5.76 Å². The van der Waals surface area contributed by atoms with Crippen LogP contribution in [0.4, 0.5) is 0 Å². The minimum absolute atomic E-state index is 0.239. The van der Waals surface area contributed by atoms with Gasteiger partial charge in [0, 0.05) is 28.3 Å². The molecule has 0 aliphatic rings.